The van der Waals surface area contributed by atoms with Gasteiger partial charge in [0, 0.05) is 32.7 Å². The van der Waals surface area contributed by atoms with Crippen LogP contribution in [0.4, 0.5) is 0 Å². The zero-order chi connectivity index (χ0) is 18.0. The van der Waals surface area contributed by atoms with Gasteiger partial charge in [0.2, 0.25) is 15.9 Å². The predicted octanol–water partition coefficient (Wildman–Crippen LogP) is 1.31. The number of aryl methyl sites for hydroxylation is 1. The average Bonchev–Trinajstić information content (AvgIpc) is 3.12. The van der Waals surface area contributed by atoms with Crippen molar-refractivity contribution in [3.05, 3.63) is 29.8 Å². The molecule has 0 aromatic heterocycles. The number of piperazine rings is 1. The molecule has 2 saturated heterocycles. The molecule has 0 N–H and O–H groups in total. The molecule has 3 rings (SSSR count). The van der Waals surface area contributed by atoms with E-state index in [9.17, 15) is 13.2 Å². The van der Waals surface area contributed by atoms with Gasteiger partial charge in [0.25, 0.3) is 0 Å². The fourth-order valence-corrected chi connectivity index (χ4v) is 5.27. The summed E-state index contributed by atoms with van der Waals surface area (Å²) in [6, 6.07) is 6.29. The first-order valence-corrected chi connectivity index (χ1v) is 10.5. The van der Waals surface area contributed by atoms with Crippen LogP contribution in [-0.2, 0) is 14.8 Å². The van der Waals surface area contributed by atoms with Gasteiger partial charge in [-0.15, -0.1) is 0 Å². The van der Waals surface area contributed by atoms with Crippen molar-refractivity contribution in [1.82, 2.24) is 14.1 Å². The Bertz CT molecular complexity index is 710. The molecule has 2 aliphatic rings. The van der Waals surface area contributed by atoms with E-state index in [-0.39, 0.29) is 10.8 Å². The molecule has 0 bridgehead atoms. The minimum atomic E-state index is -3.63. The van der Waals surface area contributed by atoms with Gasteiger partial charge >= 0.3 is 0 Å². The van der Waals surface area contributed by atoms with Gasteiger partial charge in [-0.3, -0.25) is 4.79 Å². The lowest BCUT2D eigenvalue weighted by molar-refractivity contribution is -0.136. The number of hydrogen-bond donors (Lipinski definition) is 0. The van der Waals surface area contributed by atoms with E-state index >= 15 is 0 Å². The molecule has 6 nitrogen and oxygen atoms in total. The van der Waals surface area contributed by atoms with Gasteiger partial charge in [0.1, 0.15) is 6.04 Å². The van der Waals surface area contributed by atoms with Crippen molar-refractivity contribution in [3.8, 4) is 0 Å². The van der Waals surface area contributed by atoms with Crippen LogP contribution in [0.15, 0.2) is 29.2 Å². The van der Waals surface area contributed by atoms with Gasteiger partial charge in [0.05, 0.1) is 4.90 Å². The summed E-state index contributed by atoms with van der Waals surface area (Å²) in [5, 5.41) is 0. The predicted molar refractivity (Wildman–Crippen MR) is 96.8 cm³/mol. The molecule has 1 aromatic rings. The summed E-state index contributed by atoms with van der Waals surface area (Å²) in [7, 11) is -3.63. The molecule has 25 heavy (non-hydrogen) atoms. The summed E-state index contributed by atoms with van der Waals surface area (Å²) in [5.74, 6) is -0.0380. The third-order valence-corrected chi connectivity index (χ3v) is 7.17. The minimum Gasteiger partial charge on any atom is -0.339 e. The molecule has 138 valence electrons. The van der Waals surface area contributed by atoms with Gasteiger partial charge in [0.15, 0.2) is 0 Å². The van der Waals surface area contributed by atoms with Crippen molar-refractivity contribution in [1.29, 1.82) is 0 Å². The Balaban J connectivity index is 1.76. The number of nitrogens with zero attached hydrogens (tertiary/aromatic N) is 3. The molecule has 0 aliphatic carbocycles. The van der Waals surface area contributed by atoms with E-state index in [0.29, 0.717) is 26.1 Å². The first kappa shape index (κ1) is 18.4. The van der Waals surface area contributed by atoms with E-state index < -0.39 is 16.1 Å². The Labute approximate surface area is 150 Å². The lowest BCUT2D eigenvalue weighted by Gasteiger charge is -2.36. The maximum Gasteiger partial charge on any atom is 0.243 e. The summed E-state index contributed by atoms with van der Waals surface area (Å²) in [5.41, 5.74) is 1.02. The van der Waals surface area contributed by atoms with Crippen molar-refractivity contribution in [2.75, 3.05) is 39.3 Å². The second-order valence-corrected chi connectivity index (χ2v) is 8.74. The highest BCUT2D eigenvalue weighted by molar-refractivity contribution is 7.89. The summed E-state index contributed by atoms with van der Waals surface area (Å²) in [6.07, 6.45) is 1.34. The van der Waals surface area contributed by atoms with Crippen LogP contribution in [-0.4, -0.2) is 73.7 Å². The van der Waals surface area contributed by atoms with Gasteiger partial charge in [-0.2, -0.15) is 4.31 Å². The van der Waals surface area contributed by atoms with Gasteiger partial charge < -0.3 is 9.80 Å². The third kappa shape index (κ3) is 3.73. The normalized spacial score (nSPS) is 23.1. The molecule has 2 fully saturated rings. The monoisotopic (exact) mass is 365 g/mol. The zero-order valence-corrected chi connectivity index (χ0v) is 15.8. The lowest BCUT2D eigenvalue weighted by Crippen LogP contribution is -2.54. The van der Waals surface area contributed by atoms with E-state index in [4.69, 9.17) is 0 Å². The van der Waals surface area contributed by atoms with Crippen LogP contribution in [0.2, 0.25) is 0 Å². The average molecular weight is 365 g/mol. The molecule has 0 radical (unpaired) electrons. The van der Waals surface area contributed by atoms with Crippen LogP contribution >= 0.6 is 0 Å². The van der Waals surface area contributed by atoms with E-state index in [2.05, 4.69) is 11.8 Å². The Hall–Kier alpha value is -1.44. The van der Waals surface area contributed by atoms with Crippen molar-refractivity contribution in [2.45, 2.75) is 37.6 Å². The third-order valence-electron chi connectivity index (χ3n) is 5.25. The second-order valence-electron chi connectivity index (χ2n) is 6.85. The molecule has 1 aromatic carbocycles. The highest BCUT2D eigenvalue weighted by Gasteiger charge is 2.41. The number of benzene rings is 1. The molecule has 2 heterocycles. The molecular weight excluding hydrogens is 338 g/mol. The van der Waals surface area contributed by atoms with Crippen LogP contribution in [0.5, 0.6) is 0 Å². The molecule has 1 atom stereocenters. The molecule has 0 saturated carbocycles. The number of sulfonamides is 1. The summed E-state index contributed by atoms with van der Waals surface area (Å²) in [4.78, 5) is 17.3. The van der Waals surface area contributed by atoms with Crippen LogP contribution in [0, 0.1) is 6.92 Å². The summed E-state index contributed by atoms with van der Waals surface area (Å²) < 4.78 is 27.4. The van der Waals surface area contributed by atoms with Crippen molar-refractivity contribution >= 4 is 15.9 Å². The fraction of sp³-hybridized carbons (Fsp3) is 0.611. The summed E-state index contributed by atoms with van der Waals surface area (Å²) >= 11 is 0. The number of amides is 1. The van der Waals surface area contributed by atoms with Gasteiger partial charge in [-0.1, -0.05) is 24.6 Å². The van der Waals surface area contributed by atoms with Crippen LogP contribution in [0.1, 0.15) is 25.3 Å². The zero-order valence-electron chi connectivity index (χ0n) is 15.0. The van der Waals surface area contributed by atoms with Crippen LogP contribution in [0.25, 0.3) is 0 Å². The lowest BCUT2D eigenvalue weighted by atomic mass is 10.2. The SMILES string of the molecule is CCN1CCN(C(=O)[C@H]2CCCN2S(=O)(=O)c2ccc(C)cc2)CC1. The number of hydrogen-bond acceptors (Lipinski definition) is 4. The maximum absolute atomic E-state index is 13.0. The molecule has 2 aliphatic heterocycles. The molecule has 0 unspecified atom stereocenters. The second kappa shape index (κ2) is 7.43. The van der Waals surface area contributed by atoms with E-state index in [0.717, 1.165) is 31.6 Å². The molecule has 7 heteroatoms. The van der Waals surface area contributed by atoms with E-state index in [1.807, 2.05) is 11.8 Å². The van der Waals surface area contributed by atoms with Crippen molar-refractivity contribution in [3.63, 3.8) is 0 Å². The molecular formula is C18H27N3O3S. The van der Waals surface area contributed by atoms with Crippen molar-refractivity contribution < 1.29 is 13.2 Å². The minimum absolute atomic E-state index is 0.0380. The van der Waals surface area contributed by atoms with E-state index in [1.165, 1.54) is 4.31 Å². The standard InChI is InChI=1S/C18H27N3O3S/c1-3-19-11-13-20(14-12-19)18(22)17-5-4-10-21(17)25(23,24)16-8-6-15(2)7-9-16/h6-9,17H,3-5,10-14H2,1-2H3/t17-/m1/s1. The Morgan fingerprint density at radius 2 is 1.72 bits per heavy atom. The van der Waals surface area contributed by atoms with E-state index in [1.54, 1.807) is 24.3 Å². The highest BCUT2D eigenvalue weighted by Crippen LogP contribution is 2.27. The van der Waals surface area contributed by atoms with Crippen LogP contribution in [0.3, 0.4) is 0 Å². The van der Waals surface area contributed by atoms with Gasteiger partial charge in [-0.05, 0) is 38.4 Å². The smallest absolute Gasteiger partial charge is 0.243 e. The Kier molecular flexibility index (Phi) is 5.46. The first-order valence-electron chi connectivity index (χ1n) is 9.03. The van der Waals surface area contributed by atoms with Crippen LogP contribution < -0.4 is 0 Å². The molecule has 0 spiro atoms. The van der Waals surface area contributed by atoms with Crippen molar-refractivity contribution in [2.24, 2.45) is 0 Å². The highest BCUT2D eigenvalue weighted by atomic mass is 32.2. The molecule has 1 amide bonds. The van der Waals surface area contributed by atoms with Gasteiger partial charge in [-0.25, -0.2) is 8.42 Å². The Morgan fingerprint density at radius 1 is 1.08 bits per heavy atom. The maximum atomic E-state index is 13.0. The topological polar surface area (TPSA) is 60.9 Å². The number of likely N-dealkylation sites (N-methyl/N-ethyl adjacent to an activating group) is 1. The summed E-state index contributed by atoms with van der Waals surface area (Å²) in [6.45, 7) is 8.53. The quantitative estimate of drug-likeness (QED) is 0.807. The Morgan fingerprint density at radius 3 is 2.32 bits per heavy atom. The number of rotatable bonds is 4. The fourth-order valence-electron chi connectivity index (χ4n) is 3.62. The largest absolute Gasteiger partial charge is 0.339 e. The number of carbonyl (C=O) groups excluding carboxylic acids is 1. The number of carbonyl (C=O) groups is 1. The first-order chi connectivity index (χ1) is 11.9.